The second-order valence-corrected chi connectivity index (χ2v) is 6.72. The molecule has 1 unspecified atom stereocenters. The van der Waals surface area contributed by atoms with Crippen molar-refractivity contribution in [2.75, 3.05) is 17.6 Å². The first-order valence-electron chi connectivity index (χ1n) is 6.56. The van der Waals surface area contributed by atoms with Crippen molar-refractivity contribution >= 4 is 28.2 Å². The number of carbonyl (C=O) groups excluding carboxylic acids is 1. The minimum absolute atomic E-state index is 0.0123. The van der Waals surface area contributed by atoms with Crippen LogP contribution in [0.2, 0.25) is 0 Å². The van der Waals surface area contributed by atoms with Crippen molar-refractivity contribution in [3.05, 3.63) is 4.88 Å². The number of thiazole rings is 1. The first kappa shape index (κ1) is 15.8. The van der Waals surface area contributed by atoms with Crippen LogP contribution in [0.25, 0.3) is 0 Å². The molecule has 19 heavy (non-hydrogen) atoms. The lowest BCUT2D eigenvalue weighted by atomic mass is 9.88. The van der Waals surface area contributed by atoms with E-state index in [-0.39, 0.29) is 17.4 Å². The molecule has 6 heteroatoms. The molecular weight excluding hydrogens is 260 g/mol. The summed E-state index contributed by atoms with van der Waals surface area (Å²) in [4.78, 5) is 16.8. The molecule has 1 heterocycles. The third-order valence-corrected chi connectivity index (χ3v) is 4.06. The van der Waals surface area contributed by atoms with Gasteiger partial charge in [-0.2, -0.15) is 0 Å². The van der Waals surface area contributed by atoms with E-state index in [0.29, 0.717) is 15.8 Å². The number of amides is 1. The Morgan fingerprint density at radius 3 is 2.63 bits per heavy atom. The minimum atomic E-state index is -0.151. The number of hydrogen-bond donors (Lipinski definition) is 3. The Labute approximate surface area is 119 Å². The number of nitrogens with two attached hydrogens (primary N) is 1. The average Bonchev–Trinajstić information content (AvgIpc) is 2.66. The van der Waals surface area contributed by atoms with Gasteiger partial charge in [-0.3, -0.25) is 4.79 Å². The molecule has 1 aromatic rings. The predicted molar refractivity (Wildman–Crippen MR) is 81.7 cm³/mol. The highest BCUT2D eigenvalue weighted by Gasteiger charge is 2.24. The highest BCUT2D eigenvalue weighted by molar-refractivity contribution is 7.18. The normalized spacial score (nSPS) is 13.1. The van der Waals surface area contributed by atoms with Gasteiger partial charge in [-0.15, -0.1) is 0 Å². The van der Waals surface area contributed by atoms with Crippen molar-refractivity contribution in [2.24, 2.45) is 5.41 Å². The molecule has 1 amide bonds. The summed E-state index contributed by atoms with van der Waals surface area (Å²) in [6, 6.07) is 0.0635. The van der Waals surface area contributed by atoms with Crippen LogP contribution in [0.1, 0.15) is 50.7 Å². The quantitative estimate of drug-likeness (QED) is 0.776. The Morgan fingerprint density at radius 2 is 2.11 bits per heavy atom. The summed E-state index contributed by atoms with van der Waals surface area (Å²) in [7, 11) is 0. The van der Waals surface area contributed by atoms with Crippen LogP contribution in [-0.4, -0.2) is 23.5 Å². The smallest absolute Gasteiger partial charge is 0.265 e. The highest BCUT2D eigenvalue weighted by atomic mass is 32.1. The number of hydrogen-bond acceptors (Lipinski definition) is 5. The Balaban J connectivity index is 2.74. The molecule has 1 aromatic heterocycles. The lowest BCUT2D eigenvalue weighted by Gasteiger charge is -2.27. The largest absolute Gasteiger partial charge is 0.382 e. The second kappa shape index (κ2) is 6.23. The Kier molecular flexibility index (Phi) is 5.17. The van der Waals surface area contributed by atoms with E-state index in [1.807, 2.05) is 6.92 Å². The number of nitrogens with one attached hydrogen (secondary N) is 2. The predicted octanol–water partition coefficient (Wildman–Crippen LogP) is 2.71. The minimum Gasteiger partial charge on any atom is -0.382 e. The monoisotopic (exact) mass is 284 g/mol. The number of anilines is 2. The lowest BCUT2D eigenvalue weighted by Crippen LogP contribution is -2.41. The number of nitrogen functional groups attached to an aromatic ring is 1. The molecule has 0 fully saturated rings. The van der Waals surface area contributed by atoms with Gasteiger partial charge in [-0.25, -0.2) is 4.98 Å². The molecule has 0 aromatic carbocycles. The van der Waals surface area contributed by atoms with E-state index in [2.05, 4.69) is 43.3 Å². The summed E-state index contributed by atoms with van der Waals surface area (Å²) < 4.78 is 0. The summed E-state index contributed by atoms with van der Waals surface area (Å²) in [6.07, 6.45) is 1.00. The third kappa shape index (κ3) is 4.38. The van der Waals surface area contributed by atoms with Crippen LogP contribution < -0.4 is 16.4 Å². The summed E-state index contributed by atoms with van der Waals surface area (Å²) in [5.41, 5.74) is 5.81. The first-order valence-corrected chi connectivity index (χ1v) is 7.38. The van der Waals surface area contributed by atoms with Gasteiger partial charge in [0.2, 0.25) is 0 Å². The van der Waals surface area contributed by atoms with Gasteiger partial charge in [-0.1, -0.05) is 39.0 Å². The van der Waals surface area contributed by atoms with Gasteiger partial charge in [0.1, 0.15) is 10.7 Å². The van der Waals surface area contributed by atoms with Gasteiger partial charge >= 0.3 is 0 Å². The summed E-state index contributed by atoms with van der Waals surface area (Å²) in [6.45, 7) is 11.1. The van der Waals surface area contributed by atoms with Gasteiger partial charge in [0.25, 0.3) is 5.91 Å². The van der Waals surface area contributed by atoms with Gasteiger partial charge < -0.3 is 16.4 Å². The molecular formula is C13H24N4OS. The first-order chi connectivity index (χ1) is 8.75. The average molecular weight is 284 g/mol. The van der Waals surface area contributed by atoms with Crippen LogP contribution in [0.15, 0.2) is 0 Å². The van der Waals surface area contributed by atoms with E-state index in [0.717, 1.165) is 13.0 Å². The molecule has 0 aliphatic rings. The van der Waals surface area contributed by atoms with Crippen molar-refractivity contribution in [3.63, 3.8) is 0 Å². The van der Waals surface area contributed by atoms with E-state index in [1.165, 1.54) is 11.3 Å². The van der Waals surface area contributed by atoms with E-state index >= 15 is 0 Å². The van der Waals surface area contributed by atoms with Crippen LogP contribution in [0.5, 0.6) is 0 Å². The number of nitrogens with zero attached hydrogens (tertiary/aromatic N) is 1. The van der Waals surface area contributed by atoms with Gasteiger partial charge in [0.05, 0.1) is 0 Å². The summed E-state index contributed by atoms with van der Waals surface area (Å²) in [5.74, 6) is 0.143. The molecule has 1 atom stereocenters. The fourth-order valence-electron chi connectivity index (χ4n) is 1.28. The van der Waals surface area contributed by atoms with Crippen molar-refractivity contribution in [3.8, 4) is 0 Å². The number of rotatable bonds is 5. The molecule has 5 nitrogen and oxygen atoms in total. The van der Waals surface area contributed by atoms with Crippen LogP contribution >= 0.6 is 11.3 Å². The molecule has 0 bridgehead atoms. The molecule has 0 aliphatic carbocycles. The molecule has 0 saturated heterocycles. The van der Waals surface area contributed by atoms with Gasteiger partial charge in [0, 0.05) is 12.6 Å². The Hall–Kier alpha value is -1.30. The van der Waals surface area contributed by atoms with Crippen molar-refractivity contribution in [1.82, 2.24) is 10.3 Å². The van der Waals surface area contributed by atoms with Crippen molar-refractivity contribution in [1.29, 1.82) is 0 Å². The molecule has 108 valence electrons. The van der Waals surface area contributed by atoms with Crippen molar-refractivity contribution < 1.29 is 4.79 Å². The molecule has 0 spiro atoms. The SMILES string of the molecule is CCCNc1nc(N)c(C(=O)NC(C)C(C)(C)C)s1. The maximum Gasteiger partial charge on any atom is 0.265 e. The van der Waals surface area contributed by atoms with Crippen LogP contribution in [0, 0.1) is 5.41 Å². The molecule has 0 aliphatic heterocycles. The van der Waals surface area contributed by atoms with Crippen LogP contribution in [0.4, 0.5) is 10.9 Å². The maximum absolute atomic E-state index is 12.2. The van der Waals surface area contributed by atoms with Crippen LogP contribution in [0.3, 0.4) is 0 Å². The van der Waals surface area contributed by atoms with Gasteiger partial charge in [0.15, 0.2) is 5.13 Å². The van der Waals surface area contributed by atoms with E-state index in [1.54, 1.807) is 0 Å². The molecule has 4 N–H and O–H groups in total. The number of aromatic nitrogens is 1. The maximum atomic E-state index is 12.2. The second-order valence-electron chi connectivity index (χ2n) is 5.72. The fraction of sp³-hybridized carbons (Fsp3) is 0.692. The zero-order valence-electron chi connectivity index (χ0n) is 12.3. The zero-order chi connectivity index (χ0) is 14.6. The molecule has 1 rings (SSSR count). The Morgan fingerprint density at radius 1 is 1.47 bits per heavy atom. The fourth-order valence-corrected chi connectivity index (χ4v) is 2.09. The summed E-state index contributed by atoms with van der Waals surface area (Å²) >= 11 is 1.30. The lowest BCUT2D eigenvalue weighted by molar-refractivity contribution is 0.0915. The molecule has 0 saturated carbocycles. The highest BCUT2D eigenvalue weighted by Crippen LogP contribution is 2.26. The standard InChI is InChI=1S/C13H24N4OS/c1-6-7-15-12-17-10(14)9(19-12)11(18)16-8(2)13(3,4)5/h8H,6-7,14H2,1-5H3,(H,15,17)(H,16,18). The van der Waals surface area contributed by atoms with E-state index < -0.39 is 0 Å². The van der Waals surface area contributed by atoms with E-state index in [9.17, 15) is 4.79 Å². The third-order valence-electron chi connectivity index (χ3n) is 3.03. The van der Waals surface area contributed by atoms with Crippen molar-refractivity contribution in [2.45, 2.75) is 47.1 Å². The molecule has 0 radical (unpaired) electrons. The van der Waals surface area contributed by atoms with Crippen LogP contribution in [-0.2, 0) is 0 Å². The zero-order valence-corrected chi connectivity index (χ0v) is 13.1. The topological polar surface area (TPSA) is 80.0 Å². The van der Waals surface area contributed by atoms with Gasteiger partial charge in [-0.05, 0) is 18.8 Å². The Bertz CT molecular complexity index is 436. The number of carbonyl (C=O) groups is 1. The summed E-state index contributed by atoms with van der Waals surface area (Å²) in [5, 5.41) is 6.81. The van der Waals surface area contributed by atoms with E-state index in [4.69, 9.17) is 5.73 Å².